The molecule has 0 N–H and O–H groups in total. The van der Waals surface area contributed by atoms with Crippen LogP contribution in [0.5, 0.6) is 0 Å². The van der Waals surface area contributed by atoms with Gasteiger partial charge >= 0.3 is 0 Å². The number of aryl methyl sites for hydroxylation is 2. The average Bonchev–Trinajstić information content (AvgIpc) is 2.95. The lowest BCUT2D eigenvalue weighted by molar-refractivity contribution is 0.214. The van der Waals surface area contributed by atoms with E-state index in [4.69, 9.17) is 0 Å². The van der Waals surface area contributed by atoms with Crippen molar-refractivity contribution < 1.29 is 0 Å². The van der Waals surface area contributed by atoms with Gasteiger partial charge in [0, 0.05) is 0 Å². The van der Waals surface area contributed by atoms with Crippen molar-refractivity contribution in [2.24, 2.45) is 5.41 Å². The Hall–Kier alpha value is -1.82. The molecule has 4 rings (SSSR count). The summed E-state index contributed by atoms with van der Waals surface area (Å²) in [5, 5.41) is 0. The van der Waals surface area contributed by atoms with Gasteiger partial charge in [0.2, 0.25) is 0 Å². The molecule has 0 aliphatic heterocycles. The fraction of sp³-hybridized carbons (Fsp3) is 0.440. The third-order valence-corrected chi connectivity index (χ3v) is 6.21. The molecule has 0 atom stereocenters. The normalized spacial score (nSPS) is 18.8. The second kappa shape index (κ2) is 6.48. The zero-order valence-electron chi connectivity index (χ0n) is 16.0. The Kier molecular flexibility index (Phi) is 4.31. The van der Waals surface area contributed by atoms with Crippen LogP contribution >= 0.6 is 0 Å². The molecule has 0 aromatic heterocycles. The third kappa shape index (κ3) is 3.45. The molecule has 0 saturated heterocycles. The van der Waals surface area contributed by atoms with Gasteiger partial charge in [0.05, 0.1) is 0 Å². The molecule has 0 radical (unpaired) electrons. The Morgan fingerprint density at radius 1 is 0.920 bits per heavy atom. The Morgan fingerprint density at radius 2 is 1.64 bits per heavy atom. The number of fused-ring (bicyclic) bond motifs is 1. The van der Waals surface area contributed by atoms with E-state index in [9.17, 15) is 0 Å². The first kappa shape index (κ1) is 16.6. The Bertz CT molecular complexity index is 796. The van der Waals surface area contributed by atoms with Crippen molar-refractivity contribution in [3.8, 4) is 11.1 Å². The van der Waals surface area contributed by atoms with Crippen LogP contribution in [0.25, 0.3) is 17.2 Å². The standard InChI is InChI=1S/C25H30/c1-18-12-19(2)14-22(13-18)23-9-7-8-21-15-20(16-24(21)23)17-25(3)10-5-4-6-11-25/h7-9,12-14,16H,4-6,10-11,15,17H2,1-3H3. The van der Waals surface area contributed by atoms with Crippen LogP contribution in [-0.4, -0.2) is 0 Å². The summed E-state index contributed by atoms with van der Waals surface area (Å²) in [6, 6.07) is 13.8. The zero-order chi connectivity index (χ0) is 17.4. The predicted octanol–water partition coefficient (Wildman–Crippen LogP) is 7.27. The van der Waals surface area contributed by atoms with Gasteiger partial charge in [-0.05, 0) is 67.2 Å². The summed E-state index contributed by atoms with van der Waals surface area (Å²) in [5.74, 6) is 0. The number of benzene rings is 2. The van der Waals surface area contributed by atoms with E-state index in [0.29, 0.717) is 5.41 Å². The van der Waals surface area contributed by atoms with Crippen molar-refractivity contribution in [2.45, 2.75) is 65.7 Å². The van der Waals surface area contributed by atoms with Crippen molar-refractivity contribution in [2.75, 3.05) is 0 Å². The van der Waals surface area contributed by atoms with Crippen molar-refractivity contribution in [1.82, 2.24) is 0 Å². The molecular weight excluding hydrogens is 300 g/mol. The Balaban J connectivity index is 1.66. The van der Waals surface area contributed by atoms with E-state index in [1.54, 1.807) is 5.57 Å². The summed E-state index contributed by atoms with van der Waals surface area (Å²) in [5.41, 5.74) is 10.7. The smallest absolute Gasteiger partial charge is 0.00574 e. The highest BCUT2D eigenvalue weighted by Gasteiger charge is 2.29. The molecule has 1 fully saturated rings. The van der Waals surface area contributed by atoms with Gasteiger partial charge in [0.1, 0.15) is 0 Å². The zero-order valence-corrected chi connectivity index (χ0v) is 16.0. The maximum absolute atomic E-state index is 2.52. The Morgan fingerprint density at radius 3 is 2.36 bits per heavy atom. The fourth-order valence-electron chi connectivity index (χ4n) is 5.06. The van der Waals surface area contributed by atoms with Crippen LogP contribution in [0.4, 0.5) is 0 Å². The maximum atomic E-state index is 2.52. The van der Waals surface area contributed by atoms with Gasteiger partial charge in [0.15, 0.2) is 0 Å². The molecule has 0 heterocycles. The molecule has 2 aliphatic carbocycles. The molecule has 0 heteroatoms. The summed E-state index contributed by atoms with van der Waals surface area (Å²) in [6.45, 7) is 6.91. The maximum Gasteiger partial charge on any atom is -0.00574 e. The van der Waals surface area contributed by atoms with E-state index in [1.807, 2.05) is 0 Å². The molecular formula is C25H30. The van der Waals surface area contributed by atoms with Crippen LogP contribution in [0.2, 0.25) is 0 Å². The monoisotopic (exact) mass is 330 g/mol. The summed E-state index contributed by atoms with van der Waals surface area (Å²) in [4.78, 5) is 0. The second-order valence-electron chi connectivity index (χ2n) is 8.78. The minimum absolute atomic E-state index is 0.534. The average molecular weight is 331 g/mol. The largest absolute Gasteiger partial charge is 0.0646 e. The predicted molar refractivity (Wildman–Crippen MR) is 109 cm³/mol. The van der Waals surface area contributed by atoms with E-state index in [2.05, 4.69) is 63.2 Å². The number of hydrogen-bond acceptors (Lipinski definition) is 0. The molecule has 1 saturated carbocycles. The lowest BCUT2D eigenvalue weighted by Gasteiger charge is -2.34. The highest BCUT2D eigenvalue weighted by Crippen LogP contribution is 2.44. The summed E-state index contributed by atoms with van der Waals surface area (Å²) in [6.07, 6.45) is 12.1. The first-order valence-corrected chi connectivity index (χ1v) is 9.92. The van der Waals surface area contributed by atoms with Crippen molar-refractivity contribution in [3.05, 3.63) is 64.2 Å². The molecule has 0 unspecified atom stereocenters. The van der Waals surface area contributed by atoms with Crippen LogP contribution < -0.4 is 0 Å². The van der Waals surface area contributed by atoms with Gasteiger partial charge in [-0.2, -0.15) is 0 Å². The number of rotatable bonds is 3. The first-order valence-electron chi connectivity index (χ1n) is 9.92. The summed E-state index contributed by atoms with van der Waals surface area (Å²) >= 11 is 0. The molecule has 2 aliphatic rings. The van der Waals surface area contributed by atoms with Crippen molar-refractivity contribution in [1.29, 1.82) is 0 Å². The minimum atomic E-state index is 0.534. The lowest BCUT2D eigenvalue weighted by atomic mass is 9.71. The van der Waals surface area contributed by atoms with Gasteiger partial charge in [-0.15, -0.1) is 0 Å². The molecule has 2 aromatic rings. The summed E-state index contributed by atoms with van der Waals surface area (Å²) in [7, 11) is 0. The van der Waals surface area contributed by atoms with Crippen LogP contribution in [0.15, 0.2) is 42.0 Å². The van der Waals surface area contributed by atoms with E-state index < -0.39 is 0 Å². The molecule has 130 valence electrons. The highest BCUT2D eigenvalue weighted by molar-refractivity contribution is 5.81. The lowest BCUT2D eigenvalue weighted by Crippen LogP contribution is -2.20. The number of allylic oxidation sites excluding steroid dienone is 1. The van der Waals surface area contributed by atoms with Gasteiger partial charge < -0.3 is 0 Å². The van der Waals surface area contributed by atoms with Crippen LogP contribution in [0, 0.1) is 19.3 Å². The SMILES string of the molecule is Cc1cc(C)cc(-c2cccc3c2C=C(CC2(C)CCCCC2)C3)c1. The van der Waals surface area contributed by atoms with Crippen LogP contribution in [0.3, 0.4) is 0 Å². The minimum Gasteiger partial charge on any atom is -0.0646 e. The van der Waals surface area contributed by atoms with Gasteiger partial charge in [-0.1, -0.05) is 85.4 Å². The van der Waals surface area contributed by atoms with E-state index >= 15 is 0 Å². The molecule has 25 heavy (non-hydrogen) atoms. The van der Waals surface area contributed by atoms with Crippen molar-refractivity contribution in [3.63, 3.8) is 0 Å². The Labute approximate surface area is 153 Å². The van der Waals surface area contributed by atoms with E-state index in [1.165, 1.54) is 71.9 Å². The van der Waals surface area contributed by atoms with Crippen molar-refractivity contribution >= 4 is 6.08 Å². The van der Waals surface area contributed by atoms with Gasteiger partial charge in [-0.25, -0.2) is 0 Å². The fourth-order valence-corrected chi connectivity index (χ4v) is 5.06. The first-order chi connectivity index (χ1) is 12.0. The molecule has 0 amide bonds. The summed E-state index contributed by atoms with van der Waals surface area (Å²) < 4.78 is 0. The quantitative estimate of drug-likeness (QED) is 0.555. The number of hydrogen-bond donors (Lipinski definition) is 0. The van der Waals surface area contributed by atoms with E-state index in [-0.39, 0.29) is 0 Å². The van der Waals surface area contributed by atoms with Crippen LogP contribution in [-0.2, 0) is 6.42 Å². The second-order valence-corrected chi connectivity index (χ2v) is 8.78. The third-order valence-electron chi connectivity index (χ3n) is 6.21. The topological polar surface area (TPSA) is 0 Å². The molecule has 0 spiro atoms. The highest BCUT2D eigenvalue weighted by atomic mass is 14.3. The van der Waals surface area contributed by atoms with Gasteiger partial charge in [-0.3, -0.25) is 0 Å². The molecule has 2 aromatic carbocycles. The molecule has 0 nitrogen and oxygen atoms in total. The van der Waals surface area contributed by atoms with E-state index in [0.717, 1.165) is 6.42 Å². The molecule has 0 bridgehead atoms. The van der Waals surface area contributed by atoms with Crippen LogP contribution in [0.1, 0.15) is 67.7 Å². The van der Waals surface area contributed by atoms with Gasteiger partial charge in [0.25, 0.3) is 0 Å².